The molecule has 2 aromatic rings. The summed E-state index contributed by atoms with van der Waals surface area (Å²) in [6.07, 6.45) is 6.34. The summed E-state index contributed by atoms with van der Waals surface area (Å²) in [5, 5.41) is 14.3. The van der Waals surface area contributed by atoms with Crippen molar-refractivity contribution in [3.8, 4) is 5.75 Å². The topological polar surface area (TPSA) is 61.8 Å². The lowest BCUT2D eigenvalue weighted by molar-refractivity contribution is -0.185. The summed E-state index contributed by atoms with van der Waals surface area (Å²) in [4.78, 5) is 13.5. The van der Waals surface area contributed by atoms with Crippen LogP contribution in [0.4, 0.5) is 13.2 Å². The Labute approximate surface area is 227 Å². The Morgan fingerprint density at radius 2 is 1.97 bits per heavy atom. The molecule has 39 heavy (non-hydrogen) atoms. The van der Waals surface area contributed by atoms with Crippen LogP contribution in [-0.4, -0.2) is 53.8 Å². The third-order valence-corrected chi connectivity index (χ3v) is 9.45. The molecule has 1 spiro atoms. The summed E-state index contributed by atoms with van der Waals surface area (Å²) in [5.41, 5.74) is 1.73. The molecule has 5 aliphatic rings. The van der Waals surface area contributed by atoms with E-state index >= 15 is 0 Å². The number of amides is 1. The lowest BCUT2D eigenvalue weighted by atomic mass is 9.49. The van der Waals surface area contributed by atoms with E-state index in [4.69, 9.17) is 4.74 Å². The number of likely N-dealkylation sites (N-methyl/N-ethyl adjacent to an activating group) is 1. The maximum absolute atomic E-state index is 12.3. The number of ether oxygens (including phenoxy) is 1. The molecule has 1 amide bonds. The highest BCUT2D eigenvalue weighted by atomic mass is 19.4. The van der Waals surface area contributed by atoms with Gasteiger partial charge in [0.2, 0.25) is 5.91 Å². The largest absolute Gasteiger partial charge is 0.489 e. The predicted molar refractivity (Wildman–Crippen MR) is 142 cm³/mol. The van der Waals surface area contributed by atoms with E-state index in [2.05, 4.69) is 28.4 Å². The fourth-order valence-corrected chi connectivity index (χ4v) is 7.52. The monoisotopic (exact) mass is 540 g/mol. The average Bonchev–Trinajstić information content (AvgIpc) is 3.66. The van der Waals surface area contributed by atoms with Gasteiger partial charge >= 0.3 is 6.18 Å². The standard InChI is InChI=1S/C20H25NO2.C11H10F3NO/c22-20-8-2-5-17-19(20)9-10-21(12-13-6-7-13)16(20)11-14-3-1-4-15(23-17)18(14)19;1-15-10(16)6-5-8-3-2-4-9(7-8)11(12,13)14/h1,3-4,13,16-17,22H,2,5-12H2;2-7H,1H3,(H,15,16)/b;6-5+/t16-,17+,19-,20-;/m1./s1. The summed E-state index contributed by atoms with van der Waals surface area (Å²) in [5.74, 6) is 1.60. The van der Waals surface area contributed by atoms with Gasteiger partial charge in [-0.3, -0.25) is 9.69 Å². The number of nitrogens with one attached hydrogen (secondary N) is 1. The van der Waals surface area contributed by atoms with Crippen molar-refractivity contribution in [2.45, 2.75) is 74.3 Å². The number of nitrogens with zero attached hydrogens (tertiary/aromatic N) is 1. The molecule has 7 rings (SSSR count). The molecular weight excluding hydrogens is 505 g/mol. The van der Waals surface area contributed by atoms with Gasteiger partial charge in [-0.25, -0.2) is 0 Å². The Bertz CT molecular complexity index is 1290. The first-order chi connectivity index (χ1) is 18.7. The van der Waals surface area contributed by atoms with Gasteiger partial charge in [0.1, 0.15) is 11.9 Å². The summed E-state index contributed by atoms with van der Waals surface area (Å²) in [6.45, 7) is 2.33. The number of hydrogen-bond acceptors (Lipinski definition) is 4. The Morgan fingerprint density at radius 1 is 1.18 bits per heavy atom. The van der Waals surface area contributed by atoms with Crippen LogP contribution in [-0.2, 0) is 22.8 Å². The van der Waals surface area contributed by atoms with E-state index in [1.165, 1.54) is 61.8 Å². The maximum Gasteiger partial charge on any atom is 0.416 e. The van der Waals surface area contributed by atoms with Crippen LogP contribution < -0.4 is 10.1 Å². The number of carbonyl (C=O) groups is 1. The highest BCUT2D eigenvalue weighted by Crippen LogP contribution is 2.64. The van der Waals surface area contributed by atoms with Crippen molar-refractivity contribution >= 4 is 12.0 Å². The first-order valence-electron chi connectivity index (χ1n) is 14.0. The zero-order valence-electron chi connectivity index (χ0n) is 22.1. The molecule has 208 valence electrons. The molecule has 1 saturated heterocycles. The van der Waals surface area contributed by atoms with Crippen LogP contribution in [0.2, 0.25) is 0 Å². The van der Waals surface area contributed by atoms with Crippen molar-refractivity contribution in [3.05, 3.63) is 70.8 Å². The number of alkyl halides is 3. The van der Waals surface area contributed by atoms with E-state index in [0.717, 1.165) is 62.4 Å². The molecule has 2 saturated carbocycles. The summed E-state index contributed by atoms with van der Waals surface area (Å²) in [6, 6.07) is 11.6. The number of likely N-dealkylation sites (tertiary alicyclic amines) is 1. The van der Waals surface area contributed by atoms with E-state index < -0.39 is 17.3 Å². The molecular formula is C31H35F3N2O3. The van der Waals surface area contributed by atoms with Crippen LogP contribution in [0.5, 0.6) is 5.75 Å². The fourth-order valence-electron chi connectivity index (χ4n) is 7.52. The first kappa shape index (κ1) is 26.4. The molecule has 2 aliphatic heterocycles. The summed E-state index contributed by atoms with van der Waals surface area (Å²) in [7, 11) is 1.44. The van der Waals surface area contributed by atoms with Crippen molar-refractivity contribution in [3.63, 3.8) is 0 Å². The molecule has 2 bridgehead atoms. The van der Waals surface area contributed by atoms with E-state index in [9.17, 15) is 23.1 Å². The SMILES string of the molecule is CNC(=O)/C=C/c1cccc(C(F)(F)F)c1.O[C@@]12CCC[C@@H]3Oc4cccc5c4[C@@]31CCN(CC1CC1)[C@@H]2C5. The highest BCUT2D eigenvalue weighted by molar-refractivity contribution is 5.91. The number of hydrogen-bond donors (Lipinski definition) is 2. The van der Waals surface area contributed by atoms with Crippen LogP contribution in [0.1, 0.15) is 60.8 Å². The minimum atomic E-state index is -4.36. The van der Waals surface area contributed by atoms with Crippen LogP contribution >= 0.6 is 0 Å². The van der Waals surface area contributed by atoms with Crippen LogP contribution in [0, 0.1) is 5.92 Å². The molecule has 0 aromatic heterocycles. The van der Waals surface area contributed by atoms with Gasteiger partial charge in [-0.05, 0) is 92.8 Å². The maximum atomic E-state index is 12.3. The van der Waals surface area contributed by atoms with Gasteiger partial charge in [-0.1, -0.05) is 24.3 Å². The molecule has 0 radical (unpaired) electrons. The van der Waals surface area contributed by atoms with Crippen LogP contribution in [0.3, 0.4) is 0 Å². The molecule has 2 heterocycles. The molecule has 3 fully saturated rings. The van der Waals surface area contributed by atoms with Crippen LogP contribution in [0.25, 0.3) is 6.08 Å². The zero-order valence-corrected chi connectivity index (χ0v) is 22.1. The Kier molecular flexibility index (Phi) is 6.54. The lowest BCUT2D eigenvalue weighted by Crippen LogP contribution is -2.75. The normalized spacial score (nSPS) is 30.7. The third kappa shape index (κ3) is 4.45. The van der Waals surface area contributed by atoms with Crippen molar-refractivity contribution in [1.29, 1.82) is 0 Å². The van der Waals surface area contributed by atoms with Crippen molar-refractivity contribution < 1.29 is 27.8 Å². The number of rotatable bonds is 4. The number of carbonyl (C=O) groups excluding carboxylic acids is 1. The lowest BCUT2D eigenvalue weighted by Gasteiger charge is -2.63. The van der Waals surface area contributed by atoms with Gasteiger partial charge < -0.3 is 15.2 Å². The van der Waals surface area contributed by atoms with Crippen LogP contribution in [0.15, 0.2) is 48.5 Å². The minimum absolute atomic E-state index is 0.125. The number of aliphatic hydroxyl groups is 1. The summed E-state index contributed by atoms with van der Waals surface area (Å²) >= 11 is 0. The number of halogens is 3. The quantitative estimate of drug-likeness (QED) is 0.530. The van der Waals surface area contributed by atoms with Crippen molar-refractivity contribution in [2.24, 2.45) is 5.92 Å². The van der Waals surface area contributed by atoms with E-state index in [1.807, 2.05) is 0 Å². The van der Waals surface area contributed by atoms with E-state index in [1.54, 1.807) is 0 Å². The van der Waals surface area contributed by atoms with Crippen molar-refractivity contribution in [1.82, 2.24) is 10.2 Å². The minimum Gasteiger partial charge on any atom is -0.489 e. The number of piperidine rings is 1. The third-order valence-electron chi connectivity index (χ3n) is 9.45. The van der Waals surface area contributed by atoms with Gasteiger partial charge in [0, 0.05) is 31.3 Å². The van der Waals surface area contributed by atoms with Gasteiger partial charge in [-0.15, -0.1) is 0 Å². The molecule has 2 N–H and O–H groups in total. The second-order valence-corrected chi connectivity index (χ2v) is 11.7. The molecule has 8 heteroatoms. The Morgan fingerprint density at radius 3 is 2.72 bits per heavy atom. The van der Waals surface area contributed by atoms with E-state index in [-0.39, 0.29) is 17.4 Å². The van der Waals surface area contributed by atoms with Crippen molar-refractivity contribution in [2.75, 3.05) is 20.1 Å². The van der Waals surface area contributed by atoms with Gasteiger partial charge in [0.05, 0.1) is 16.6 Å². The fraction of sp³-hybridized carbons (Fsp3) is 0.516. The molecule has 2 aromatic carbocycles. The molecule has 4 atom stereocenters. The molecule has 5 nitrogen and oxygen atoms in total. The molecule has 3 aliphatic carbocycles. The Hall–Kier alpha value is -2.84. The summed E-state index contributed by atoms with van der Waals surface area (Å²) < 4.78 is 43.4. The number of benzene rings is 2. The van der Waals surface area contributed by atoms with Gasteiger partial charge in [0.25, 0.3) is 0 Å². The average molecular weight is 541 g/mol. The predicted octanol–water partition coefficient (Wildman–Crippen LogP) is 5.11. The van der Waals surface area contributed by atoms with Gasteiger partial charge in [-0.2, -0.15) is 13.2 Å². The second kappa shape index (κ2) is 9.66. The zero-order chi connectivity index (χ0) is 27.4. The first-order valence-corrected chi connectivity index (χ1v) is 14.0. The Balaban J connectivity index is 0.000000154. The van der Waals surface area contributed by atoms with Gasteiger partial charge in [0.15, 0.2) is 0 Å². The second-order valence-electron chi connectivity index (χ2n) is 11.7. The smallest absolute Gasteiger partial charge is 0.416 e. The van der Waals surface area contributed by atoms with E-state index in [0.29, 0.717) is 11.6 Å². The molecule has 0 unspecified atom stereocenters. The highest BCUT2D eigenvalue weighted by Gasteiger charge is 2.70.